The Hall–Kier alpha value is -1.42. The van der Waals surface area contributed by atoms with Crippen LogP contribution in [0.15, 0.2) is 18.2 Å². The van der Waals surface area contributed by atoms with Crippen LogP contribution in [0.25, 0.3) is 0 Å². The molecule has 1 fully saturated rings. The first kappa shape index (κ1) is 11.1. The first-order valence-electron chi connectivity index (χ1n) is 5.44. The predicted molar refractivity (Wildman–Crippen MR) is 60.7 cm³/mol. The monoisotopic (exact) mass is 222 g/mol. The van der Waals surface area contributed by atoms with Crippen LogP contribution in [0, 0.1) is 18.7 Å². The molecule has 1 aliphatic heterocycles. The van der Waals surface area contributed by atoms with Gasteiger partial charge >= 0.3 is 0 Å². The molecule has 1 aromatic rings. The van der Waals surface area contributed by atoms with Crippen LogP contribution < -0.4 is 10.6 Å². The molecule has 1 atom stereocenters. The van der Waals surface area contributed by atoms with Crippen LogP contribution in [-0.2, 0) is 4.79 Å². The van der Waals surface area contributed by atoms with Gasteiger partial charge in [0.1, 0.15) is 5.82 Å². The molecule has 1 unspecified atom stereocenters. The van der Waals surface area contributed by atoms with Gasteiger partial charge in [0.25, 0.3) is 0 Å². The Labute approximate surface area is 94.0 Å². The molecule has 0 saturated carbocycles. The standard InChI is InChI=1S/C12H15FN2O/c1-8-2-3-10(13)6-11(8)15-12(16)9-4-5-14-7-9/h2-3,6,9,14H,4-5,7H2,1H3,(H,15,16). The summed E-state index contributed by atoms with van der Waals surface area (Å²) >= 11 is 0. The first-order chi connectivity index (χ1) is 7.66. The van der Waals surface area contributed by atoms with Crippen molar-refractivity contribution in [3.8, 4) is 0 Å². The van der Waals surface area contributed by atoms with E-state index in [0.717, 1.165) is 18.5 Å². The topological polar surface area (TPSA) is 41.1 Å². The van der Waals surface area contributed by atoms with Gasteiger partial charge in [0.15, 0.2) is 0 Å². The van der Waals surface area contributed by atoms with Crippen molar-refractivity contribution in [1.29, 1.82) is 0 Å². The van der Waals surface area contributed by atoms with Crippen molar-refractivity contribution < 1.29 is 9.18 Å². The molecule has 0 radical (unpaired) electrons. The minimum atomic E-state index is -0.328. The Morgan fingerprint density at radius 3 is 3.06 bits per heavy atom. The van der Waals surface area contributed by atoms with E-state index in [-0.39, 0.29) is 17.6 Å². The maximum absolute atomic E-state index is 13.0. The molecule has 2 N–H and O–H groups in total. The van der Waals surface area contributed by atoms with Crippen LogP contribution in [-0.4, -0.2) is 19.0 Å². The lowest BCUT2D eigenvalue weighted by Gasteiger charge is -2.11. The Balaban J connectivity index is 2.07. The van der Waals surface area contributed by atoms with Crippen molar-refractivity contribution in [2.24, 2.45) is 5.92 Å². The molecule has 1 saturated heterocycles. The third kappa shape index (κ3) is 2.39. The van der Waals surface area contributed by atoms with Gasteiger partial charge in [-0.15, -0.1) is 0 Å². The van der Waals surface area contributed by atoms with Crippen LogP contribution in [0.1, 0.15) is 12.0 Å². The van der Waals surface area contributed by atoms with E-state index >= 15 is 0 Å². The van der Waals surface area contributed by atoms with E-state index in [1.54, 1.807) is 6.07 Å². The van der Waals surface area contributed by atoms with E-state index < -0.39 is 0 Å². The van der Waals surface area contributed by atoms with Gasteiger partial charge in [-0.25, -0.2) is 4.39 Å². The summed E-state index contributed by atoms with van der Waals surface area (Å²) in [6, 6.07) is 4.41. The minimum Gasteiger partial charge on any atom is -0.325 e. The summed E-state index contributed by atoms with van der Waals surface area (Å²) in [5.41, 5.74) is 1.44. The Bertz CT molecular complexity index is 400. The number of carbonyl (C=O) groups is 1. The van der Waals surface area contributed by atoms with E-state index in [1.807, 2.05) is 6.92 Å². The molecule has 1 heterocycles. The number of benzene rings is 1. The molecule has 0 bridgehead atoms. The highest BCUT2D eigenvalue weighted by molar-refractivity contribution is 5.93. The number of hydrogen-bond donors (Lipinski definition) is 2. The molecular weight excluding hydrogens is 207 g/mol. The van der Waals surface area contributed by atoms with Gasteiger partial charge in [-0.05, 0) is 37.6 Å². The van der Waals surface area contributed by atoms with E-state index in [1.165, 1.54) is 12.1 Å². The number of carbonyl (C=O) groups excluding carboxylic acids is 1. The Morgan fingerprint density at radius 1 is 1.56 bits per heavy atom. The third-order valence-electron chi connectivity index (χ3n) is 2.89. The Kier molecular flexibility index (Phi) is 3.19. The lowest BCUT2D eigenvalue weighted by Crippen LogP contribution is -2.25. The SMILES string of the molecule is Cc1ccc(F)cc1NC(=O)C1CCNC1. The van der Waals surface area contributed by atoms with Gasteiger partial charge in [-0.2, -0.15) is 0 Å². The molecule has 3 nitrogen and oxygen atoms in total. The molecule has 0 aliphatic carbocycles. The summed E-state index contributed by atoms with van der Waals surface area (Å²) in [5.74, 6) is -0.355. The van der Waals surface area contributed by atoms with Crippen molar-refractivity contribution >= 4 is 11.6 Å². The molecule has 4 heteroatoms. The molecule has 16 heavy (non-hydrogen) atoms. The van der Waals surface area contributed by atoms with Crippen molar-refractivity contribution in [2.75, 3.05) is 18.4 Å². The van der Waals surface area contributed by atoms with Gasteiger partial charge in [-0.3, -0.25) is 4.79 Å². The van der Waals surface area contributed by atoms with Crippen LogP contribution in [0.3, 0.4) is 0 Å². The molecule has 2 rings (SSSR count). The highest BCUT2D eigenvalue weighted by atomic mass is 19.1. The Morgan fingerprint density at radius 2 is 2.38 bits per heavy atom. The van der Waals surface area contributed by atoms with Crippen molar-refractivity contribution in [1.82, 2.24) is 5.32 Å². The number of amides is 1. The van der Waals surface area contributed by atoms with Gasteiger partial charge < -0.3 is 10.6 Å². The van der Waals surface area contributed by atoms with E-state index in [0.29, 0.717) is 12.2 Å². The zero-order chi connectivity index (χ0) is 11.5. The fourth-order valence-corrected chi connectivity index (χ4v) is 1.84. The first-order valence-corrected chi connectivity index (χ1v) is 5.44. The lowest BCUT2D eigenvalue weighted by molar-refractivity contribution is -0.119. The summed E-state index contributed by atoms with van der Waals surface area (Å²) in [4.78, 5) is 11.8. The van der Waals surface area contributed by atoms with Crippen molar-refractivity contribution in [2.45, 2.75) is 13.3 Å². The number of halogens is 1. The molecule has 0 aromatic heterocycles. The number of rotatable bonds is 2. The van der Waals surface area contributed by atoms with Crippen molar-refractivity contribution in [3.05, 3.63) is 29.6 Å². The summed E-state index contributed by atoms with van der Waals surface area (Å²) in [6.45, 7) is 3.43. The van der Waals surface area contributed by atoms with Gasteiger partial charge in [0.2, 0.25) is 5.91 Å². The highest BCUT2D eigenvalue weighted by Gasteiger charge is 2.22. The summed E-state index contributed by atoms with van der Waals surface area (Å²) in [7, 11) is 0. The van der Waals surface area contributed by atoms with Crippen LogP contribution in [0.2, 0.25) is 0 Å². The van der Waals surface area contributed by atoms with Gasteiger partial charge in [-0.1, -0.05) is 6.07 Å². The normalized spacial score (nSPS) is 19.8. The predicted octanol–water partition coefficient (Wildman–Crippen LogP) is 1.68. The molecule has 86 valence electrons. The minimum absolute atomic E-state index is 0.00247. The summed E-state index contributed by atoms with van der Waals surface area (Å²) in [6.07, 6.45) is 0.847. The third-order valence-corrected chi connectivity index (χ3v) is 2.89. The lowest BCUT2D eigenvalue weighted by atomic mass is 10.1. The molecule has 1 aliphatic rings. The second-order valence-electron chi connectivity index (χ2n) is 4.14. The zero-order valence-corrected chi connectivity index (χ0v) is 9.22. The summed E-state index contributed by atoms with van der Waals surface area (Å²) in [5, 5.41) is 5.90. The van der Waals surface area contributed by atoms with Gasteiger partial charge in [0.05, 0.1) is 5.92 Å². The highest BCUT2D eigenvalue weighted by Crippen LogP contribution is 2.18. The van der Waals surface area contributed by atoms with E-state index in [4.69, 9.17) is 0 Å². The van der Waals surface area contributed by atoms with Crippen LogP contribution in [0.5, 0.6) is 0 Å². The second-order valence-corrected chi connectivity index (χ2v) is 4.14. The molecule has 0 spiro atoms. The average molecular weight is 222 g/mol. The summed E-state index contributed by atoms with van der Waals surface area (Å²) < 4.78 is 13.0. The quantitative estimate of drug-likeness (QED) is 0.799. The zero-order valence-electron chi connectivity index (χ0n) is 9.22. The molecular formula is C12H15FN2O. The number of anilines is 1. The largest absolute Gasteiger partial charge is 0.325 e. The molecule has 1 amide bonds. The van der Waals surface area contributed by atoms with E-state index in [9.17, 15) is 9.18 Å². The maximum Gasteiger partial charge on any atom is 0.228 e. The fourth-order valence-electron chi connectivity index (χ4n) is 1.84. The second kappa shape index (κ2) is 4.61. The smallest absolute Gasteiger partial charge is 0.228 e. The van der Waals surface area contributed by atoms with E-state index in [2.05, 4.69) is 10.6 Å². The maximum atomic E-state index is 13.0. The van der Waals surface area contributed by atoms with Crippen molar-refractivity contribution in [3.63, 3.8) is 0 Å². The van der Waals surface area contributed by atoms with Crippen LogP contribution >= 0.6 is 0 Å². The van der Waals surface area contributed by atoms with Crippen LogP contribution in [0.4, 0.5) is 10.1 Å². The fraction of sp³-hybridized carbons (Fsp3) is 0.417. The van der Waals surface area contributed by atoms with Gasteiger partial charge in [0, 0.05) is 12.2 Å². The molecule has 1 aromatic carbocycles. The number of hydrogen-bond acceptors (Lipinski definition) is 2. The average Bonchev–Trinajstić information content (AvgIpc) is 2.76. The number of aryl methyl sites for hydroxylation is 1. The number of nitrogens with one attached hydrogen (secondary N) is 2.